The molecule has 9 heteroatoms. The van der Waals surface area contributed by atoms with Gasteiger partial charge in [0.15, 0.2) is 5.82 Å². The topological polar surface area (TPSA) is 112 Å². The number of carbonyl (C=O) groups excluding carboxylic acids is 2. The normalized spacial score (nSPS) is 18.8. The zero-order chi connectivity index (χ0) is 34.7. The number of carboxylic acid groups (broad SMARTS) is 1. The highest BCUT2D eigenvalue weighted by Crippen LogP contribution is 2.36. The molecule has 0 spiro atoms. The largest absolute Gasteiger partial charge is 0.481 e. The molecule has 2 fully saturated rings. The van der Waals surface area contributed by atoms with Crippen molar-refractivity contribution in [1.82, 2.24) is 20.2 Å². The van der Waals surface area contributed by atoms with Gasteiger partial charge in [-0.25, -0.2) is 9.97 Å². The molecular weight excluding hydrogens is 633 g/mol. The maximum Gasteiger partial charge on any atom is 0.310 e. The number of hydrogen-bond donors (Lipinski definition) is 2. The Morgan fingerprint density at radius 2 is 1.51 bits per heavy atom. The van der Waals surface area contributed by atoms with Gasteiger partial charge < -0.3 is 15.3 Å². The van der Waals surface area contributed by atoms with Crippen molar-refractivity contribution in [2.24, 2.45) is 17.8 Å². The van der Waals surface area contributed by atoms with E-state index in [0.717, 1.165) is 33.0 Å². The van der Waals surface area contributed by atoms with Crippen molar-refractivity contribution in [3.05, 3.63) is 93.9 Å². The van der Waals surface area contributed by atoms with Crippen molar-refractivity contribution >= 4 is 29.1 Å². The molecule has 0 bridgehead atoms. The van der Waals surface area contributed by atoms with Crippen molar-refractivity contribution in [3.8, 4) is 22.5 Å². The summed E-state index contributed by atoms with van der Waals surface area (Å²) < 4.78 is 0. The molecule has 4 aromatic rings. The van der Waals surface area contributed by atoms with E-state index in [2.05, 4.69) is 67.2 Å². The van der Waals surface area contributed by atoms with Crippen LogP contribution in [0.25, 0.3) is 22.5 Å². The fourth-order valence-corrected chi connectivity index (χ4v) is 7.71. The van der Waals surface area contributed by atoms with E-state index in [4.69, 9.17) is 0 Å². The summed E-state index contributed by atoms with van der Waals surface area (Å²) in [5.74, 6) is -0.213. The van der Waals surface area contributed by atoms with E-state index in [-0.39, 0.29) is 36.9 Å². The number of nitrogens with one attached hydrogen (secondary N) is 1. The Labute approximate surface area is 293 Å². The quantitative estimate of drug-likeness (QED) is 0.179. The summed E-state index contributed by atoms with van der Waals surface area (Å²) in [7, 11) is 0. The predicted molar refractivity (Wildman–Crippen MR) is 194 cm³/mol. The predicted octanol–water partition coefficient (Wildman–Crippen LogP) is 7.60. The molecule has 2 aromatic heterocycles. The third-order valence-corrected chi connectivity index (χ3v) is 11.6. The molecule has 1 aliphatic heterocycles. The van der Waals surface area contributed by atoms with Gasteiger partial charge in [-0.2, -0.15) is 0 Å². The molecule has 1 saturated carbocycles. The smallest absolute Gasteiger partial charge is 0.310 e. The van der Waals surface area contributed by atoms with Crippen LogP contribution in [0.2, 0.25) is 0 Å². The summed E-state index contributed by atoms with van der Waals surface area (Å²) in [4.78, 5) is 50.5. The lowest BCUT2D eigenvalue weighted by Gasteiger charge is -2.39. The number of aliphatic carboxylic acids is 1. The number of carbonyl (C=O) groups is 3. The van der Waals surface area contributed by atoms with Crippen molar-refractivity contribution < 1.29 is 19.5 Å². The Bertz CT molecular complexity index is 1760. The monoisotopic (exact) mass is 678 g/mol. The number of aromatic nitrogens is 2. The first-order valence-corrected chi connectivity index (χ1v) is 18.2. The lowest BCUT2D eigenvalue weighted by Crippen LogP contribution is -2.56. The zero-order valence-electron chi connectivity index (χ0n) is 28.8. The first kappa shape index (κ1) is 34.5. The molecule has 2 aromatic carbocycles. The first-order valence-electron chi connectivity index (χ1n) is 17.4. The summed E-state index contributed by atoms with van der Waals surface area (Å²) in [6.45, 7) is 9.21. The van der Waals surface area contributed by atoms with E-state index >= 15 is 0 Å². The molecule has 2 N–H and O–H groups in total. The van der Waals surface area contributed by atoms with E-state index < -0.39 is 17.8 Å². The fourth-order valence-electron chi connectivity index (χ4n) is 6.73. The molecular formula is C40H46N4O4S. The molecule has 3 heterocycles. The second-order valence-corrected chi connectivity index (χ2v) is 16.0. The van der Waals surface area contributed by atoms with E-state index in [1.807, 2.05) is 48.8 Å². The molecule has 1 atom stereocenters. The minimum atomic E-state index is -0.894. The van der Waals surface area contributed by atoms with Gasteiger partial charge in [0.05, 0.1) is 16.7 Å². The van der Waals surface area contributed by atoms with E-state index in [9.17, 15) is 19.5 Å². The van der Waals surface area contributed by atoms with Crippen LogP contribution in [0.3, 0.4) is 0 Å². The van der Waals surface area contributed by atoms with Crippen LogP contribution in [0.1, 0.15) is 85.0 Å². The maximum atomic E-state index is 13.5. The number of thiophene rings is 1. The van der Waals surface area contributed by atoms with Crippen LogP contribution >= 0.6 is 11.3 Å². The van der Waals surface area contributed by atoms with Crippen LogP contribution < -0.4 is 5.32 Å². The lowest BCUT2D eigenvalue weighted by molar-refractivity contribution is -0.154. The number of carboxylic acids is 1. The van der Waals surface area contributed by atoms with Gasteiger partial charge in [0.25, 0.3) is 5.91 Å². The van der Waals surface area contributed by atoms with Crippen molar-refractivity contribution in [2.75, 3.05) is 19.6 Å². The second-order valence-electron chi connectivity index (χ2n) is 14.9. The molecule has 2 aliphatic rings. The van der Waals surface area contributed by atoms with Crippen LogP contribution in [0, 0.1) is 17.8 Å². The van der Waals surface area contributed by atoms with Gasteiger partial charge in [-0.1, -0.05) is 89.1 Å². The molecule has 8 nitrogen and oxygen atoms in total. The summed E-state index contributed by atoms with van der Waals surface area (Å²) in [5.41, 5.74) is 5.24. The second kappa shape index (κ2) is 14.6. The van der Waals surface area contributed by atoms with Gasteiger partial charge in [-0.3, -0.25) is 14.4 Å². The first-order chi connectivity index (χ1) is 23.4. The SMILES string of the molecule is CC1CCC(c2ccc(-c3cnc(-c4ccc(CC(CNC(=O)c5ccc(C(C)(C)C)s5)C(=O)N5CC(C(=O)O)C5)cc4)nc3)cc2)CC1. The molecule has 1 aliphatic carbocycles. The van der Waals surface area contributed by atoms with Gasteiger partial charge in [0.1, 0.15) is 0 Å². The molecule has 1 saturated heterocycles. The third-order valence-electron chi connectivity index (χ3n) is 10.0. The summed E-state index contributed by atoms with van der Waals surface area (Å²) >= 11 is 1.46. The molecule has 0 radical (unpaired) electrons. The van der Waals surface area contributed by atoms with E-state index in [1.54, 1.807) is 4.90 Å². The summed E-state index contributed by atoms with van der Waals surface area (Å²) in [5, 5.41) is 12.3. The number of rotatable bonds is 10. The Morgan fingerprint density at radius 3 is 2.10 bits per heavy atom. The van der Waals surface area contributed by atoms with Crippen LogP contribution in [-0.4, -0.2) is 57.4 Å². The van der Waals surface area contributed by atoms with E-state index in [0.29, 0.717) is 23.0 Å². The van der Waals surface area contributed by atoms with Gasteiger partial charge in [0.2, 0.25) is 5.91 Å². The Morgan fingerprint density at radius 1 is 0.878 bits per heavy atom. The molecule has 256 valence electrons. The van der Waals surface area contributed by atoms with Crippen LogP contribution in [0.5, 0.6) is 0 Å². The molecule has 6 rings (SSSR count). The fraction of sp³-hybridized carbons (Fsp3) is 0.425. The molecule has 1 unspecified atom stereocenters. The van der Waals surface area contributed by atoms with Crippen molar-refractivity contribution in [1.29, 1.82) is 0 Å². The van der Waals surface area contributed by atoms with E-state index in [1.165, 1.54) is 42.6 Å². The third kappa shape index (κ3) is 8.27. The number of hydrogen-bond acceptors (Lipinski definition) is 6. The van der Waals surface area contributed by atoms with Gasteiger partial charge >= 0.3 is 5.97 Å². The van der Waals surface area contributed by atoms with Gasteiger partial charge in [-0.05, 0) is 65.3 Å². The number of likely N-dealkylation sites (tertiary alicyclic amines) is 1. The minimum absolute atomic E-state index is 0.0570. The number of nitrogens with zero attached hydrogens (tertiary/aromatic N) is 3. The molecule has 2 amide bonds. The van der Waals surface area contributed by atoms with Crippen LogP contribution in [0.15, 0.2) is 73.1 Å². The lowest BCUT2D eigenvalue weighted by atomic mass is 9.79. The summed E-state index contributed by atoms with van der Waals surface area (Å²) in [6, 6.07) is 20.5. The Kier molecular flexibility index (Phi) is 10.3. The standard InChI is InChI=1S/C40H46N4O4S/c1-25-5-9-27(10-6-25)28-13-15-29(16-14-28)32-21-41-36(42-22-32)30-11-7-26(8-12-30)19-31(38(46)44-23-33(24-44)39(47)48)20-43-37(45)34-17-18-35(49-34)40(2,3)4/h7-8,11-18,21-22,25,27,31,33H,5-6,9-10,19-20,23-24H2,1-4H3,(H,43,45)(H,47,48). The average molecular weight is 679 g/mol. The number of benzene rings is 2. The minimum Gasteiger partial charge on any atom is -0.481 e. The number of amides is 2. The highest BCUT2D eigenvalue weighted by atomic mass is 32.1. The Balaban J connectivity index is 1.10. The van der Waals surface area contributed by atoms with Gasteiger partial charge in [0, 0.05) is 48.0 Å². The van der Waals surface area contributed by atoms with Gasteiger partial charge in [-0.15, -0.1) is 11.3 Å². The van der Waals surface area contributed by atoms with Crippen molar-refractivity contribution in [2.45, 2.75) is 71.1 Å². The highest BCUT2D eigenvalue weighted by molar-refractivity contribution is 7.14. The Hall–Kier alpha value is -4.37. The summed E-state index contributed by atoms with van der Waals surface area (Å²) in [6.07, 6.45) is 9.28. The maximum absolute atomic E-state index is 13.5. The van der Waals surface area contributed by atoms with Crippen LogP contribution in [0.4, 0.5) is 0 Å². The zero-order valence-corrected chi connectivity index (χ0v) is 29.6. The average Bonchev–Trinajstić information content (AvgIpc) is 3.58. The van der Waals surface area contributed by atoms with Crippen molar-refractivity contribution in [3.63, 3.8) is 0 Å². The van der Waals surface area contributed by atoms with Crippen LogP contribution in [-0.2, 0) is 21.4 Å². The molecule has 49 heavy (non-hydrogen) atoms. The highest BCUT2D eigenvalue weighted by Gasteiger charge is 2.38.